The van der Waals surface area contributed by atoms with Crippen molar-refractivity contribution in [1.29, 1.82) is 0 Å². The molecular formula is C26H30ClF2N5O3S. The molecule has 0 amide bonds. The number of hydrogen-bond acceptors (Lipinski definition) is 8. The lowest BCUT2D eigenvalue weighted by Gasteiger charge is -2.26. The van der Waals surface area contributed by atoms with Crippen LogP contribution in [0.2, 0.25) is 5.02 Å². The van der Waals surface area contributed by atoms with Gasteiger partial charge < -0.3 is 20.7 Å². The Bertz CT molecular complexity index is 1400. The van der Waals surface area contributed by atoms with E-state index in [1.165, 1.54) is 30.0 Å². The van der Waals surface area contributed by atoms with E-state index >= 15 is 0 Å². The van der Waals surface area contributed by atoms with E-state index < -0.39 is 20.5 Å². The van der Waals surface area contributed by atoms with E-state index in [1.807, 2.05) is 19.9 Å². The van der Waals surface area contributed by atoms with Crippen molar-refractivity contribution in [2.24, 2.45) is 0 Å². The number of anilines is 4. The second-order valence-electron chi connectivity index (χ2n) is 9.34. The predicted molar refractivity (Wildman–Crippen MR) is 145 cm³/mol. The molecule has 1 saturated heterocycles. The SMILES string of the molecule is Cc1cc(Nc2ncc(Cl)c(Nc3ccccc3S(=O)(=O)C(F)F)n2)c(OC(C)C)cc1C1CCNCC1. The van der Waals surface area contributed by atoms with Crippen LogP contribution in [0.1, 0.15) is 43.7 Å². The van der Waals surface area contributed by atoms with E-state index in [0.717, 1.165) is 37.6 Å². The van der Waals surface area contributed by atoms with E-state index in [4.69, 9.17) is 16.3 Å². The summed E-state index contributed by atoms with van der Waals surface area (Å²) in [6, 6.07) is 9.39. The van der Waals surface area contributed by atoms with Gasteiger partial charge in [-0.2, -0.15) is 13.8 Å². The third-order valence-electron chi connectivity index (χ3n) is 6.18. The molecule has 0 saturated carbocycles. The summed E-state index contributed by atoms with van der Waals surface area (Å²) in [6.07, 6.45) is 3.36. The van der Waals surface area contributed by atoms with Crippen LogP contribution in [0.5, 0.6) is 5.75 Å². The van der Waals surface area contributed by atoms with Gasteiger partial charge in [-0.1, -0.05) is 23.7 Å². The highest BCUT2D eigenvalue weighted by atomic mass is 35.5. The van der Waals surface area contributed by atoms with Gasteiger partial charge >= 0.3 is 5.76 Å². The van der Waals surface area contributed by atoms with Gasteiger partial charge in [-0.15, -0.1) is 0 Å². The molecule has 12 heteroatoms. The van der Waals surface area contributed by atoms with Gasteiger partial charge in [0, 0.05) is 0 Å². The molecule has 38 heavy (non-hydrogen) atoms. The summed E-state index contributed by atoms with van der Waals surface area (Å²) in [7, 11) is -4.85. The second kappa shape index (κ2) is 11.8. The van der Waals surface area contributed by atoms with Crippen LogP contribution in [-0.2, 0) is 9.84 Å². The van der Waals surface area contributed by atoms with Crippen LogP contribution in [-0.4, -0.2) is 43.3 Å². The Morgan fingerprint density at radius 2 is 1.82 bits per heavy atom. The molecule has 2 heterocycles. The minimum atomic E-state index is -4.85. The molecule has 2 aromatic carbocycles. The highest BCUT2D eigenvalue weighted by molar-refractivity contribution is 7.91. The number of alkyl halides is 2. The summed E-state index contributed by atoms with van der Waals surface area (Å²) in [5.74, 6) is -2.27. The lowest BCUT2D eigenvalue weighted by molar-refractivity contribution is 0.235. The Hall–Kier alpha value is -3.02. The molecule has 3 aromatic rings. The number of piperidine rings is 1. The van der Waals surface area contributed by atoms with E-state index in [9.17, 15) is 17.2 Å². The molecule has 1 aromatic heterocycles. The van der Waals surface area contributed by atoms with Crippen molar-refractivity contribution >= 4 is 44.6 Å². The molecule has 0 aliphatic carbocycles. The van der Waals surface area contributed by atoms with E-state index in [-0.39, 0.29) is 28.6 Å². The quantitative estimate of drug-likeness (QED) is 0.283. The van der Waals surface area contributed by atoms with Crippen molar-refractivity contribution in [1.82, 2.24) is 15.3 Å². The number of hydrogen-bond donors (Lipinski definition) is 3. The molecule has 0 atom stereocenters. The lowest BCUT2D eigenvalue weighted by Crippen LogP contribution is -2.27. The molecule has 1 aliphatic heterocycles. The van der Waals surface area contributed by atoms with Gasteiger partial charge in [-0.25, -0.2) is 13.4 Å². The number of sulfone groups is 1. The summed E-state index contributed by atoms with van der Waals surface area (Å²) in [6.45, 7) is 7.89. The van der Waals surface area contributed by atoms with Crippen molar-refractivity contribution in [3.63, 3.8) is 0 Å². The highest BCUT2D eigenvalue weighted by Crippen LogP contribution is 2.37. The lowest BCUT2D eigenvalue weighted by atomic mass is 9.87. The number of halogens is 3. The van der Waals surface area contributed by atoms with E-state index in [1.54, 1.807) is 0 Å². The zero-order valence-corrected chi connectivity index (χ0v) is 22.8. The maximum Gasteiger partial charge on any atom is 0.341 e. The minimum Gasteiger partial charge on any atom is -0.489 e. The Labute approximate surface area is 226 Å². The van der Waals surface area contributed by atoms with Crippen molar-refractivity contribution < 1.29 is 21.9 Å². The molecule has 4 rings (SSSR count). The number of rotatable bonds is 9. The van der Waals surface area contributed by atoms with Crippen LogP contribution in [0.25, 0.3) is 0 Å². The Kier molecular flexibility index (Phi) is 8.69. The van der Waals surface area contributed by atoms with Crippen molar-refractivity contribution in [3.8, 4) is 5.75 Å². The van der Waals surface area contributed by atoms with Crippen molar-refractivity contribution in [2.45, 2.75) is 56.3 Å². The summed E-state index contributed by atoms with van der Waals surface area (Å²) >= 11 is 6.27. The van der Waals surface area contributed by atoms with Crippen LogP contribution in [0.15, 0.2) is 47.5 Å². The molecule has 3 N–H and O–H groups in total. The van der Waals surface area contributed by atoms with Gasteiger partial charge in [0.2, 0.25) is 15.8 Å². The average Bonchev–Trinajstić information content (AvgIpc) is 2.88. The molecule has 1 fully saturated rings. The van der Waals surface area contributed by atoms with Gasteiger partial charge in [0.1, 0.15) is 10.8 Å². The maximum atomic E-state index is 13.2. The molecule has 0 spiro atoms. The zero-order chi connectivity index (χ0) is 27.4. The average molecular weight is 566 g/mol. The van der Waals surface area contributed by atoms with Crippen molar-refractivity contribution in [3.05, 3.63) is 58.7 Å². The summed E-state index contributed by atoms with van der Waals surface area (Å²) in [5, 5.41) is 9.41. The number of nitrogens with one attached hydrogen (secondary N) is 3. The summed E-state index contributed by atoms with van der Waals surface area (Å²) in [4.78, 5) is 8.06. The largest absolute Gasteiger partial charge is 0.489 e. The fourth-order valence-corrected chi connectivity index (χ4v) is 5.43. The van der Waals surface area contributed by atoms with Crippen LogP contribution in [0, 0.1) is 6.92 Å². The van der Waals surface area contributed by atoms with Gasteiger partial charge in [0.15, 0.2) is 5.82 Å². The molecular weight excluding hydrogens is 536 g/mol. The maximum absolute atomic E-state index is 13.2. The van der Waals surface area contributed by atoms with Crippen LogP contribution >= 0.6 is 11.6 Å². The van der Waals surface area contributed by atoms with Gasteiger partial charge in [0.25, 0.3) is 0 Å². The summed E-state index contributed by atoms with van der Waals surface area (Å²) in [5.41, 5.74) is 2.92. The van der Waals surface area contributed by atoms with E-state index in [0.29, 0.717) is 17.4 Å². The predicted octanol–water partition coefficient (Wildman–Crippen LogP) is 6.18. The molecule has 0 unspecified atom stereocenters. The molecule has 1 aliphatic rings. The highest BCUT2D eigenvalue weighted by Gasteiger charge is 2.29. The fourth-order valence-electron chi connectivity index (χ4n) is 4.40. The number of aryl methyl sites for hydroxylation is 1. The molecule has 8 nitrogen and oxygen atoms in total. The first-order valence-electron chi connectivity index (χ1n) is 12.3. The van der Waals surface area contributed by atoms with Crippen molar-refractivity contribution in [2.75, 3.05) is 23.7 Å². The van der Waals surface area contributed by atoms with Crippen LogP contribution in [0.3, 0.4) is 0 Å². The van der Waals surface area contributed by atoms with Gasteiger partial charge in [-0.05, 0) is 88.0 Å². The third kappa shape index (κ3) is 6.33. The normalized spacial score (nSPS) is 14.6. The van der Waals surface area contributed by atoms with Gasteiger partial charge in [0.05, 0.1) is 28.6 Å². The molecule has 0 bridgehead atoms. The van der Waals surface area contributed by atoms with E-state index in [2.05, 4.69) is 38.9 Å². The first-order chi connectivity index (χ1) is 18.1. The first kappa shape index (κ1) is 28.0. The standard InChI is InChI=1S/C26H30ClF2N5O3S/c1-15(2)37-22-13-18(17-8-10-30-11-9-17)16(3)12-21(22)33-26-31-14-19(27)24(34-26)32-20-6-4-5-7-23(20)38(35,36)25(28)29/h4-7,12-15,17,25,30H,8-11H2,1-3H3,(H2,31,32,33,34). The third-order valence-corrected chi connectivity index (χ3v) is 7.90. The Balaban J connectivity index is 1.66. The smallest absolute Gasteiger partial charge is 0.341 e. The number of aromatic nitrogens is 2. The topological polar surface area (TPSA) is 105 Å². The van der Waals surface area contributed by atoms with Crippen LogP contribution in [0.4, 0.5) is 31.9 Å². The molecule has 0 radical (unpaired) electrons. The number of para-hydroxylation sites is 1. The Morgan fingerprint density at radius 3 is 2.50 bits per heavy atom. The second-order valence-corrected chi connectivity index (χ2v) is 11.6. The number of benzene rings is 2. The minimum absolute atomic E-state index is 0.0514. The number of ether oxygens (including phenoxy) is 1. The zero-order valence-electron chi connectivity index (χ0n) is 21.3. The van der Waals surface area contributed by atoms with Gasteiger partial charge in [-0.3, -0.25) is 0 Å². The Morgan fingerprint density at radius 1 is 1.11 bits per heavy atom. The fraction of sp³-hybridized carbons (Fsp3) is 0.385. The van der Waals surface area contributed by atoms with Crippen LogP contribution < -0.4 is 20.7 Å². The first-order valence-corrected chi connectivity index (χ1v) is 14.2. The molecule has 204 valence electrons. The number of nitrogens with zero attached hydrogens (tertiary/aromatic N) is 2. The summed E-state index contributed by atoms with van der Waals surface area (Å²) < 4.78 is 56.9. The monoisotopic (exact) mass is 565 g/mol.